The van der Waals surface area contributed by atoms with E-state index in [1.54, 1.807) is 12.1 Å². The van der Waals surface area contributed by atoms with Gasteiger partial charge in [-0.05, 0) is 48.7 Å². The van der Waals surface area contributed by atoms with Gasteiger partial charge in [-0.1, -0.05) is 35.0 Å². The van der Waals surface area contributed by atoms with Gasteiger partial charge in [-0.15, -0.1) is 0 Å². The lowest BCUT2D eigenvalue weighted by molar-refractivity contribution is -0.120. The first kappa shape index (κ1) is 15.6. The molecule has 118 valence electrons. The topological polar surface area (TPSA) is 55.1 Å². The number of nitrogens with one attached hydrogen (secondary N) is 1. The predicted octanol–water partition coefficient (Wildman–Crippen LogP) is 3.96. The number of hydrogen-bond acceptors (Lipinski definition) is 3. The van der Waals surface area contributed by atoms with E-state index in [-0.39, 0.29) is 12.3 Å². The largest absolute Gasteiger partial charge is 0.356 e. The van der Waals surface area contributed by atoms with Gasteiger partial charge < -0.3 is 9.84 Å². The molecule has 23 heavy (non-hydrogen) atoms. The minimum Gasteiger partial charge on any atom is -0.356 e. The normalized spacial score (nSPS) is 10.9. The minimum absolute atomic E-state index is 0.0878. The highest BCUT2D eigenvalue weighted by Gasteiger charge is 2.14. The Morgan fingerprint density at radius 3 is 2.70 bits per heavy atom. The molecule has 0 radical (unpaired) electrons. The summed E-state index contributed by atoms with van der Waals surface area (Å²) in [5, 5.41) is 8.55. The van der Waals surface area contributed by atoms with E-state index in [4.69, 9.17) is 16.1 Å². The van der Waals surface area contributed by atoms with Gasteiger partial charge in [0.25, 0.3) is 0 Å². The lowest BCUT2D eigenvalue weighted by Gasteiger charge is -2.05. The predicted molar refractivity (Wildman–Crippen MR) is 90.5 cm³/mol. The van der Waals surface area contributed by atoms with Crippen LogP contribution in [0.15, 0.2) is 40.9 Å². The van der Waals surface area contributed by atoms with E-state index in [1.165, 1.54) is 0 Å². The van der Waals surface area contributed by atoms with Crippen LogP contribution in [0.2, 0.25) is 5.02 Å². The van der Waals surface area contributed by atoms with Gasteiger partial charge in [-0.2, -0.15) is 0 Å². The molecule has 0 aliphatic carbocycles. The van der Waals surface area contributed by atoms with Crippen LogP contribution in [0, 0.1) is 13.8 Å². The van der Waals surface area contributed by atoms with Crippen molar-refractivity contribution in [3.8, 4) is 0 Å². The summed E-state index contributed by atoms with van der Waals surface area (Å²) in [4.78, 5) is 12.2. The van der Waals surface area contributed by atoms with E-state index >= 15 is 0 Å². The summed E-state index contributed by atoms with van der Waals surface area (Å²) in [5.41, 5.74) is 4.58. The summed E-state index contributed by atoms with van der Waals surface area (Å²) in [6.45, 7) is 4.47. The standard InChI is InChI=1S/C18H17ClN2O2/c1-11-7-12(2)18-15(21-23-16(18)8-11)9-17(22)20-10-13-3-5-14(19)6-4-13/h3-8H,9-10H2,1-2H3,(H,20,22). The van der Waals surface area contributed by atoms with Crippen LogP contribution in [0.3, 0.4) is 0 Å². The Balaban J connectivity index is 1.69. The molecule has 1 aromatic heterocycles. The fourth-order valence-corrected chi connectivity index (χ4v) is 2.78. The molecule has 3 rings (SSSR count). The molecule has 0 aliphatic heterocycles. The van der Waals surface area contributed by atoms with Gasteiger partial charge in [0.15, 0.2) is 5.58 Å². The van der Waals surface area contributed by atoms with Gasteiger partial charge in [0.05, 0.1) is 6.42 Å². The number of carbonyl (C=O) groups excluding carboxylic acids is 1. The number of nitrogens with zero attached hydrogens (tertiary/aromatic N) is 1. The van der Waals surface area contributed by atoms with E-state index < -0.39 is 0 Å². The third-order valence-electron chi connectivity index (χ3n) is 3.72. The van der Waals surface area contributed by atoms with Gasteiger partial charge in [0.1, 0.15) is 5.69 Å². The van der Waals surface area contributed by atoms with Crippen LogP contribution in [-0.4, -0.2) is 11.1 Å². The van der Waals surface area contributed by atoms with Crippen LogP contribution in [0.1, 0.15) is 22.4 Å². The molecule has 1 heterocycles. The van der Waals surface area contributed by atoms with Gasteiger partial charge in [-0.3, -0.25) is 4.79 Å². The highest BCUT2D eigenvalue weighted by atomic mass is 35.5. The zero-order valence-electron chi connectivity index (χ0n) is 13.0. The minimum atomic E-state index is -0.0878. The Bertz CT molecular complexity index is 853. The van der Waals surface area contributed by atoms with Gasteiger partial charge in [0, 0.05) is 17.0 Å². The first-order chi connectivity index (χ1) is 11.0. The van der Waals surface area contributed by atoms with Gasteiger partial charge in [0.2, 0.25) is 5.91 Å². The van der Waals surface area contributed by atoms with Crippen molar-refractivity contribution in [2.75, 3.05) is 0 Å². The van der Waals surface area contributed by atoms with Crippen LogP contribution >= 0.6 is 11.6 Å². The summed E-state index contributed by atoms with van der Waals surface area (Å²) in [6.07, 6.45) is 0.199. The van der Waals surface area contributed by atoms with Crippen molar-refractivity contribution in [2.45, 2.75) is 26.8 Å². The lowest BCUT2D eigenvalue weighted by atomic mass is 10.0. The van der Waals surface area contributed by atoms with E-state index in [0.717, 1.165) is 27.7 Å². The maximum atomic E-state index is 12.2. The maximum absolute atomic E-state index is 12.2. The smallest absolute Gasteiger partial charge is 0.226 e. The number of rotatable bonds is 4. The molecule has 0 aliphatic rings. The Labute approximate surface area is 139 Å². The van der Waals surface area contributed by atoms with Gasteiger partial charge >= 0.3 is 0 Å². The van der Waals surface area contributed by atoms with E-state index in [9.17, 15) is 4.79 Å². The molecule has 0 saturated heterocycles. The molecule has 0 bridgehead atoms. The average molecular weight is 329 g/mol. The summed E-state index contributed by atoms with van der Waals surface area (Å²) in [5.74, 6) is -0.0878. The average Bonchev–Trinajstić information content (AvgIpc) is 2.89. The van der Waals surface area contributed by atoms with Crippen molar-refractivity contribution in [2.24, 2.45) is 0 Å². The molecule has 2 aromatic carbocycles. The SMILES string of the molecule is Cc1cc(C)c2c(CC(=O)NCc3ccc(Cl)cc3)noc2c1. The number of carbonyl (C=O) groups is 1. The van der Waals surface area contributed by atoms with Crippen molar-refractivity contribution in [1.82, 2.24) is 10.5 Å². The molecule has 1 amide bonds. The van der Waals surface area contributed by atoms with Crippen LogP contribution in [0.25, 0.3) is 11.0 Å². The maximum Gasteiger partial charge on any atom is 0.226 e. The molecule has 0 saturated carbocycles. The molecule has 0 fully saturated rings. The van der Waals surface area contributed by atoms with Crippen LogP contribution < -0.4 is 5.32 Å². The van der Waals surface area contributed by atoms with Crippen molar-refractivity contribution in [3.05, 3.63) is 63.8 Å². The lowest BCUT2D eigenvalue weighted by Crippen LogP contribution is -2.24. The number of hydrogen-bond donors (Lipinski definition) is 1. The zero-order valence-corrected chi connectivity index (χ0v) is 13.8. The number of aryl methyl sites for hydroxylation is 2. The molecular weight excluding hydrogens is 312 g/mol. The number of aromatic nitrogens is 1. The molecule has 5 heteroatoms. The Hall–Kier alpha value is -2.33. The summed E-state index contributed by atoms with van der Waals surface area (Å²) < 4.78 is 5.34. The second kappa shape index (κ2) is 6.42. The number of amides is 1. The van der Waals surface area contributed by atoms with E-state index in [1.807, 2.05) is 32.0 Å². The number of fused-ring (bicyclic) bond motifs is 1. The molecule has 3 aromatic rings. The first-order valence-electron chi connectivity index (χ1n) is 7.39. The molecular formula is C18H17ClN2O2. The molecule has 4 nitrogen and oxygen atoms in total. The summed E-state index contributed by atoms with van der Waals surface area (Å²) in [7, 11) is 0. The Morgan fingerprint density at radius 2 is 1.96 bits per heavy atom. The third kappa shape index (κ3) is 3.54. The molecule has 0 atom stereocenters. The van der Waals surface area contributed by atoms with Crippen LogP contribution in [0.4, 0.5) is 0 Å². The van der Waals surface area contributed by atoms with Crippen LogP contribution in [-0.2, 0) is 17.8 Å². The summed E-state index contributed by atoms with van der Waals surface area (Å²) >= 11 is 5.84. The molecule has 0 spiro atoms. The monoisotopic (exact) mass is 328 g/mol. The molecule has 1 N–H and O–H groups in total. The quantitative estimate of drug-likeness (QED) is 0.788. The van der Waals surface area contributed by atoms with Crippen molar-refractivity contribution >= 4 is 28.5 Å². The summed E-state index contributed by atoms with van der Waals surface area (Å²) in [6, 6.07) is 11.4. The third-order valence-corrected chi connectivity index (χ3v) is 3.97. The van der Waals surface area contributed by atoms with Crippen molar-refractivity contribution in [3.63, 3.8) is 0 Å². The highest BCUT2D eigenvalue weighted by Crippen LogP contribution is 2.24. The Morgan fingerprint density at radius 1 is 1.22 bits per heavy atom. The van der Waals surface area contributed by atoms with Crippen molar-refractivity contribution in [1.29, 1.82) is 0 Å². The fraction of sp³-hybridized carbons (Fsp3) is 0.222. The Kier molecular flexibility index (Phi) is 4.35. The molecule has 0 unspecified atom stereocenters. The zero-order chi connectivity index (χ0) is 16.4. The first-order valence-corrected chi connectivity index (χ1v) is 7.77. The second-order valence-electron chi connectivity index (χ2n) is 5.66. The van der Waals surface area contributed by atoms with Gasteiger partial charge in [-0.25, -0.2) is 0 Å². The highest BCUT2D eigenvalue weighted by molar-refractivity contribution is 6.30. The van der Waals surface area contributed by atoms with E-state index in [0.29, 0.717) is 17.3 Å². The second-order valence-corrected chi connectivity index (χ2v) is 6.10. The van der Waals surface area contributed by atoms with Crippen molar-refractivity contribution < 1.29 is 9.32 Å². The number of halogens is 1. The van der Waals surface area contributed by atoms with E-state index in [2.05, 4.69) is 16.5 Å². The van der Waals surface area contributed by atoms with Crippen LogP contribution in [0.5, 0.6) is 0 Å². The fourth-order valence-electron chi connectivity index (χ4n) is 2.66. The number of benzene rings is 2.